The predicted molar refractivity (Wildman–Crippen MR) is 278 cm³/mol. The number of carboxylic acid groups (broad SMARTS) is 1. The van der Waals surface area contributed by atoms with Gasteiger partial charge in [0.25, 0.3) is 0 Å². The number of fused-ring (bicyclic) bond motifs is 7. The lowest BCUT2D eigenvalue weighted by molar-refractivity contribution is -0.387. The normalized spacial score (nSPS) is 49.8. The number of rotatable bonds is 15. The molecule has 0 amide bonds. The summed E-state index contributed by atoms with van der Waals surface area (Å²) in [6, 6.07) is 0. The number of carbonyl (C=O) groups is 3. The standard InChI is InChI=1S/C57H88O24/c1-11-24(3)47(72)80-44-45(81-48(73)25(4)12-2)57(23-61)27(19-52(44,5)6)26-13-14-31-53(7)17-16-32(54(8,22-60)30(53)15-18-55(31,9)56(26,10)42(68)43(57)69)76-51-41(79-50-37(66)35(64)33(62)28(20-58)74-50)39(38(67)40(78-51)46(70)71)77-49-36(65)34(63)29(21-59)75-49/h11-13,27-45,49-51,58-69H,14-23H2,1-10H3,(H,70,71)/b24-11-,25-12-/t27?,28?,29?,30?,31?,32-,33?,34?,35?,36?,37?,38?,39?,40?,41?,42-,43+,44-,45-,49?,50?,51?,53-,54?,55+,56-,57-/m0/s1. The van der Waals surface area contributed by atoms with Gasteiger partial charge >= 0.3 is 17.9 Å². The number of carboxylic acids is 1. The number of aliphatic hydroxyl groups excluding tert-OH is 12. The first-order chi connectivity index (χ1) is 37.9. The smallest absolute Gasteiger partial charge is 0.335 e. The van der Waals surface area contributed by atoms with Gasteiger partial charge in [0.2, 0.25) is 0 Å². The quantitative estimate of drug-likeness (QED) is 0.0415. The summed E-state index contributed by atoms with van der Waals surface area (Å²) >= 11 is 0. The maximum Gasteiger partial charge on any atom is 0.335 e. The van der Waals surface area contributed by atoms with E-state index in [1.165, 1.54) is 0 Å². The van der Waals surface area contributed by atoms with Crippen molar-refractivity contribution in [2.75, 3.05) is 26.4 Å². The molecule has 13 N–H and O–H groups in total. The first-order valence-electron chi connectivity index (χ1n) is 28.3. The van der Waals surface area contributed by atoms with Gasteiger partial charge in [0.1, 0.15) is 67.1 Å². The highest BCUT2D eigenvalue weighted by atomic mass is 16.8. The topological polar surface area (TPSA) is 388 Å². The summed E-state index contributed by atoms with van der Waals surface area (Å²) in [6.07, 6.45) is -25.7. The number of hydrogen-bond acceptors (Lipinski definition) is 23. The van der Waals surface area contributed by atoms with E-state index in [0.29, 0.717) is 31.3 Å². The van der Waals surface area contributed by atoms with Crippen molar-refractivity contribution < 1.29 is 119 Å². The van der Waals surface area contributed by atoms with Gasteiger partial charge in [-0.1, -0.05) is 65.3 Å². The first kappa shape index (κ1) is 63.9. The van der Waals surface area contributed by atoms with Crippen molar-refractivity contribution in [3.8, 4) is 0 Å². The van der Waals surface area contributed by atoms with Crippen molar-refractivity contribution in [3.63, 3.8) is 0 Å². The molecule has 0 radical (unpaired) electrons. The zero-order chi connectivity index (χ0) is 60.0. The van der Waals surface area contributed by atoms with Crippen LogP contribution < -0.4 is 0 Å². The molecule has 0 aromatic heterocycles. The summed E-state index contributed by atoms with van der Waals surface area (Å²) in [7, 11) is 0. The van der Waals surface area contributed by atoms with Gasteiger partial charge < -0.3 is 104 Å². The number of aliphatic hydroxyl groups is 12. The predicted octanol–water partition coefficient (Wildman–Crippen LogP) is -0.765. The van der Waals surface area contributed by atoms with Gasteiger partial charge in [-0.15, -0.1) is 0 Å². The highest BCUT2D eigenvalue weighted by Gasteiger charge is 2.77. The van der Waals surface area contributed by atoms with E-state index in [0.717, 1.165) is 5.57 Å². The lowest BCUT2D eigenvalue weighted by Crippen LogP contribution is -2.76. The summed E-state index contributed by atoms with van der Waals surface area (Å²) in [5.74, 6) is -4.48. The Bertz CT molecular complexity index is 2410. The van der Waals surface area contributed by atoms with E-state index in [-0.39, 0.29) is 24.3 Å². The Balaban J connectivity index is 1.15. The van der Waals surface area contributed by atoms with Gasteiger partial charge in [0.05, 0.1) is 50.2 Å². The number of allylic oxidation sites excluding steroid dienone is 3. The molecule has 4 saturated carbocycles. The Morgan fingerprint density at radius 2 is 1.17 bits per heavy atom. The highest BCUT2D eigenvalue weighted by molar-refractivity contribution is 5.89. The molecule has 7 fully saturated rings. The Morgan fingerprint density at radius 1 is 0.630 bits per heavy atom. The second kappa shape index (κ2) is 23.3. The molecular formula is C57H88O24. The van der Waals surface area contributed by atoms with Crippen LogP contribution in [0.3, 0.4) is 0 Å². The second-order valence-electron chi connectivity index (χ2n) is 25.9. The van der Waals surface area contributed by atoms with Crippen molar-refractivity contribution in [2.45, 2.75) is 224 Å². The molecule has 3 heterocycles. The van der Waals surface area contributed by atoms with E-state index >= 15 is 0 Å². The largest absolute Gasteiger partial charge is 0.479 e. The van der Waals surface area contributed by atoms with Gasteiger partial charge in [-0.3, -0.25) is 0 Å². The van der Waals surface area contributed by atoms with Crippen LogP contribution in [0.1, 0.15) is 108 Å². The summed E-state index contributed by atoms with van der Waals surface area (Å²) in [5.41, 5.74) is -5.25. The molecule has 8 rings (SSSR count). The Labute approximate surface area is 471 Å². The van der Waals surface area contributed by atoms with E-state index in [9.17, 15) is 80.8 Å². The fourth-order valence-electron chi connectivity index (χ4n) is 16.2. The van der Waals surface area contributed by atoms with Crippen LogP contribution in [0.15, 0.2) is 34.9 Å². The summed E-state index contributed by atoms with van der Waals surface area (Å²) in [5, 5.41) is 146. The van der Waals surface area contributed by atoms with Gasteiger partial charge in [0, 0.05) is 27.4 Å². The van der Waals surface area contributed by atoms with E-state index in [4.69, 9.17) is 37.9 Å². The van der Waals surface area contributed by atoms with Crippen LogP contribution >= 0.6 is 0 Å². The van der Waals surface area contributed by atoms with Crippen molar-refractivity contribution >= 4 is 17.9 Å². The minimum absolute atomic E-state index is 0.165. The lowest BCUT2D eigenvalue weighted by atomic mass is 9.32. The fraction of sp³-hybridized carbons (Fsp3) is 0.842. The average molecular weight is 1160 g/mol. The maximum atomic E-state index is 13.9. The van der Waals surface area contributed by atoms with Crippen molar-refractivity contribution in [1.29, 1.82) is 0 Å². The summed E-state index contributed by atoms with van der Waals surface area (Å²) < 4.78 is 48.8. The average Bonchev–Trinajstić information content (AvgIpc) is 1.99. The van der Waals surface area contributed by atoms with Crippen molar-refractivity contribution in [2.24, 2.45) is 50.2 Å². The molecule has 24 heteroatoms. The van der Waals surface area contributed by atoms with E-state index < -0.39 is 205 Å². The molecule has 0 spiro atoms. The van der Waals surface area contributed by atoms with Crippen LogP contribution in [0.2, 0.25) is 0 Å². The van der Waals surface area contributed by atoms with Crippen LogP contribution in [0.4, 0.5) is 0 Å². The minimum Gasteiger partial charge on any atom is -0.479 e. The SMILES string of the molecule is C/C=C(/C)C(=O)O[C@H]1[C@H](OC(=O)/C(C)=C\C)[C@@]2(CO)C(CC1(C)C)C1=CCC3[C@@]4(C)CC[C@H](OC5OC(C(=O)O)C(O)C(OC6OC(CO)C(O)C6O)C5OC5OC(CO)C(O)C(O)C5O)C(C)(CO)C4CC[C@@]3(C)[C@]1(C)[C@@H](O)[C@H]2O. The number of esters is 2. The minimum atomic E-state index is -2.18. The molecule has 24 nitrogen and oxygen atoms in total. The highest BCUT2D eigenvalue weighted by Crippen LogP contribution is 2.76. The molecule has 18 unspecified atom stereocenters. The van der Waals surface area contributed by atoms with Crippen molar-refractivity contribution in [1.82, 2.24) is 0 Å². The van der Waals surface area contributed by atoms with Gasteiger partial charge in [-0.25, -0.2) is 14.4 Å². The van der Waals surface area contributed by atoms with Gasteiger partial charge in [-0.2, -0.15) is 0 Å². The Kier molecular flexibility index (Phi) is 18.4. The third kappa shape index (κ3) is 9.98. The molecule has 27 atom stereocenters. The molecule has 460 valence electrons. The monoisotopic (exact) mass is 1160 g/mol. The summed E-state index contributed by atoms with van der Waals surface area (Å²) in [4.78, 5) is 40.4. The molecule has 5 aliphatic carbocycles. The Morgan fingerprint density at radius 3 is 1.70 bits per heavy atom. The van der Waals surface area contributed by atoms with Crippen LogP contribution in [-0.2, 0) is 52.3 Å². The van der Waals surface area contributed by atoms with E-state index in [1.54, 1.807) is 39.8 Å². The van der Waals surface area contributed by atoms with Crippen LogP contribution in [0, 0.1) is 50.2 Å². The zero-order valence-electron chi connectivity index (χ0n) is 47.8. The molecule has 0 aromatic carbocycles. The molecule has 3 aliphatic heterocycles. The molecule has 8 aliphatic rings. The zero-order valence-corrected chi connectivity index (χ0v) is 47.8. The van der Waals surface area contributed by atoms with Gasteiger partial charge in [0.15, 0.2) is 31.1 Å². The third-order valence-corrected chi connectivity index (χ3v) is 21.5. The molecule has 0 aromatic rings. The lowest BCUT2D eigenvalue weighted by Gasteiger charge is -2.73. The maximum absolute atomic E-state index is 13.9. The first-order valence-corrected chi connectivity index (χ1v) is 28.3. The number of hydrogen-bond donors (Lipinski definition) is 13. The van der Waals surface area contributed by atoms with E-state index in [1.807, 2.05) is 27.7 Å². The number of aliphatic carboxylic acids is 1. The Hall–Kier alpha value is -3.09. The number of ether oxygens (including phenoxy) is 8. The molecule has 3 saturated heterocycles. The van der Waals surface area contributed by atoms with Gasteiger partial charge in [-0.05, 0) is 94.8 Å². The van der Waals surface area contributed by atoms with Crippen molar-refractivity contribution in [3.05, 3.63) is 34.9 Å². The molecule has 0 bridgehead atoms. The number of carbonyl (C=O) groups excluding carboxylic acids is 2. The van der Waals surface area contributed by atoms with Crippen LogP contribution in [-0.4, -0.2) is 227 Å². The molecule has 81 heavy (non-hydrogen) atoms. The van der Waals surface area contributed by atoms with E-state index in [2.05, 4.69) is 19.9 Å². The van der Waals surface area contributed by atoms with Crippen LogP contribution in [0.5, 0.6) is 0 Å². The summed E-state index contributed by atoms with van der Waals surface area (Å²) in [6.45, 7) is 15.3. The third-order valence-electron chi connectivity index (χ3n) is 21.5. The van der Waals surface area contributed by atoms with Crippen LogP contribution in [0.25, 0.3) is 0 Å². The molecular weight excluding hydrogens is 1070 g/mol. The fourth-order valence-corrected chi connectivity index (χ4v) is 16.2. The second-order valence-corrected chi connectivity index (χ2v) is 25.9.